The van der Waals surface area contributed by atoms with Gasteiger partial charge in [0.05, 0.1) is 0 Å². The zero-order chi connectivity index (χ0) is 19.6. The molecule has 3 aromatic rings. The second kappa shape index (κ2) is 7.43. The summed E-state index contributed by atoms with van der Waals surface area (Å²) in [5, 5.41) is 9.12. The molecule has 7 nitrogen and oxygen atoms in total. The Kier molecular flexibility index (Phi) is 5.05. The van der Waals surface area contributed by atoms with Gasteiger partial charge in [0.25, 0.3) is 11.5 Å². The number of rotatable bonds is 4. The van der Waals surface area contributed by atoms with E-state index in [1.807, 2.05) is 13.0 Å². The van der Waals surface area contributed by atoms with Crippen molar-refractivity contribution in [2.45, 2.75) is 6.92 Å². The molecule has 8 heteroatoms. The van der Waals surface area contributed by atoms with Crippen LogP contribution in [0.1, 0.15) is 11.1 Å². The van der Waals surface area contributed by atoms with Gasteiger partial charge in [0.2, 0.25) is 5.88 Å². The number of amides is 1. The molecule has 2 heterocycles. The van der Waals surface area contributed by atoms with Crippen molar-refractivity contribution in [1.29, 1.82) is 5.26 Å². The van der Waals surface area contributed by atoms with E-state index < -0.39 is 11.5 Å². The average Bonchev–Trinajstić information content (AvgIpc) is 2.64. The number of ether oxygens (including phenoxy) is 1. The minimum Gasteiger partial charge on any atom is -0.438 e. The first kappa shape index (κ1) is 18.4. The van der Waals surface area contributed by atoms with E-state index in [2.05, 4.69) is 20.9 Å². The van der Waals surface area contributed by atoms with E-state index in [9.17, 15) is 9.59 Å². The Bertz CT molecular complexity index is 1170. The number of aromatic nitrogens is 2. The molecule has 0 radical (unpaired) electrons. The molecule has 0 saturated carbocycles. The number of carbonyl (C=O) groups is 1. The summed E-state index contributed by atoms with van der Waals surface area (Å²) in [6.07, 6.45) is 2.65. The van der Waals surface area contributed by atoms with Gasteiger partial charge in [0, 0.05) is 10.7 Å². The van der Waals surface area contributed by atoms with E-state index in [0.717, 1.165) is 16.1 Å². The molecule has 0 aliphatic heterocycles. The van der Waals surface area contributed by atoms with E-state index >= 15 is 0 Å². The van der Waals surface area contributed by atoms with Gasteiger partial charge in [-0.2, -0.15) is 10.2 Å². The predicted octanol–water partition coefficient (Wildman–Crippen LogP) is 2.95. The van der Waals surface area contributed by atoms with Gasteiger partial charge in [-0.05, 0) is 48.9 Å². The number of carbonyl (C=O) groups excluding carboxylic acids is 1. The predicted molar refractivity (Wildman–Crippen MR) is 103 cm³/mol. The molecule has 0 aliphatic carbocycles. The number of nitrogens with zero attached hydrogens (tertiary/aromatic N) is 3. The Morgan fingerprint density at radius 1 is 1.33 bits per heavy atom. The highest BCUT2D eigenvalue weighted by Crippen LogP contribution is 2.25. The Morgan fingerprint density at radius 3 is 2.67 bits per heavy atom. The number of halogens is 1. The third kappa shape index (κ3) is 3.73. The summed E-state index contributed by atoms with van der Waals surface area (Å²) < 4.78 is 7.97. The highest BCUT2D eigenvalue weighted by molar-refractivity contribution is 9.10. The number of nitriles is 1. The lowest BCUT2D eigenvalue weighted by Crippen LogP contribution is -2.20. The number of pyridine rings is 1. The number of aryl methyl sites for hydroxylation is 1. The van der Waals surface area contributed by atoms with Crippen molar-refractivity contribution in [1.82, 2.24) is 9.38 Å². The largest absolute Gasteiger partial charge is 0.438 e. The Balaban J connectivity index is 2.28. The van der Waals surface area contributed by atoms with E-state index in [4.69, 9.17) is 15.7 Å². The molecule has 134 valence electrons. The van der Waals surface area contributed by atoms with E-state index in [-0.39, 0.29) is 17.0 Å². The molecule has 0 spiro atoms. The third-order valence-corrected chi connectivity index (χ3v) is 4.28. The van der Waals surface area contributed by atoms with Crippen LogP contribution in [-0.2, 0) is 4.79 Å². The van der Waals surface area contributed by atoms with Crippen molar-refractivity contribution < 1.29 is 9.53 Å². The molecular weight excluding hydrogens is 412 g/mol. The standard InChI is InChI=1S/C19H13BrN4O3/c1-11-3-2-8-24-17(11)23-18(27-14-6-4-13(20)5-7-14)15(19(24)26)9-12(10-21)16(22)25/h2-9H,1H3,(H2,22,25)/b12-9+. The van der Waals surface area contributed by atoms with Crippen LogP contribution < -0.4 is 16.0 Å². The van der Waals surface area contributed by atoms with Crippen LogP contribution in [0, 0.1) is 18.3 Å². The number of benzene rings is 1. The van der Waals surface area contributed by atoms with E-state index in [1.54, 1.807) is 42.6 Å². The number of primary amides is 1. The lowest BCUT2D eigenvalue weighted by Gasteiger charge is -2.11. The van der Waals surface area contributed by atoms with Gasteiger partial charge in [0.15, 0.2) is 0 Å². The zero-order valence-corrected chi connectivity index (χ0v) is 15.7. The van der Waals surface area contributed by atoms with Crippen LogP contribution in [0.15, 0.2) is 57.4 Å². The molecule has 0 fully saturated rings. The van der Waals surface area contributed by atoms with Crippen LogP contribution in [0.4, 0.5) is 0 Å². The maximum Gasteiger partial charge on any atom is 0.269 e. The lowest BCUT2D eigenvalue weighted by atomic mass is 10.1. The molecule has 3 rings (SSSR count). The molecule has 0 bridgehead atoms. The van der Waals surface area contributed by atoms with Crippen LogP contribution in [0.3, 0.4) is 0 Å². The molecule has 2 N–H and O–H groups in total. The third-order valence-electron chi connectivity index (χ3n) is 3.75. The summed E-state index contributed by atoms with van der Waals surface area (Å²) in [4.78, 5) is 28.8. The van der Waals surface area contributed by atoms with Crippen molar-refractivity contribution in [3.8, 4) is 17.7 Å². The van der Waals surface area contributed by atoms with E-state index in [0.29, 0.717) is 11.4 Å². The van der Waals surface area contributed by atoms with Crippen LogP contribution in [0.25, 0.3) is 11.7 Å². The molecule has 2 aromatic heterocycles. The second-order valence-electron chi connectivity index (χ2n) is 5.61. The summed E-state index contributed by atoms with van der Waals surface area (Å²) in [5.74, 6) is -0.526. The summed E-state index contributed by atoms with van der Waals surface area (Å²) in [7, 11) is 0. The van der Waals surface area contributed by atoms with E-state index in [1.165, 1.54) is 4.40 Å². The first-order valence-electron chi connectivity index (χ1n) is 7.77. The van der Waals surface area contributed by atoms with Gasteiger partial charge < -0.3 is 10.5 Å². The molecule has 0 unspecified atom stereocenters. The summed E-state index contributed by atoms with van der Waals surface area (Å²) in [6.45, 7) is 1.81. The summed E-state index contributed by atoms with van der Waals surface area (Å²) in [6, 6.07) is 12.1. The summed E-state index contributed by atoms with van der Waals surface area (Å²) in [5.41, 5.74) is 5.47. The molecule has 0 saturated heterocycles. The maximum atomic E-state index is 12.9. The number of fused-ring (bicyclic) bond motifs is 1. The average molecular weight is 425 g/mol. The molecular formula is C19H13BrN4O3. The SMILES string of the molecule is Cc1cccn2c(=O)c(/C=C(\C#N)C(N)=O)c(Oc3ccc(Br)cc3)nc12. The van der Waals surface area contributed by atoms with Crippen LogP contribution in [0.2, 0.25) is 0 Å². The quantitative estimate of drug-likeness (QED) is 0.511. The smallest absolute Gasteiger partial charge is 0.269 e. The fourth-order valence-electron chi connectivity index (χ4n) is 2.41. The normalized spacial score (nSPS) is 11.2. The van der Waals surface area contributed by atoms with Crippen LogP contribution >= 0.6 is 15.9 Å². The zero-order valence-electron chi connectivity index (χ0n) is 14.1. The van der Waals surface area contributed by atoms with Crippen molar-refractivity contribution in [3.05, 3.63) is 74.1 Å². The Labute approximate surface area is 162 Å². The monoisotopic (exact) mass is 424 g/mol. The maximum absolute atomic E-state index is 12.9. The van der Waals surface area contributed by atoms with Gasteiger partial charge in [-0.1, -0.05) is 22.0 Å². The lowest BCUT2D eigenvalue weighted by molar-refractivity contribution is -0.114. The summed E-state index contributed by atoms with van der Waals surface area (Å²) >= 11 is 3.34. The minimum absolute atomic E-state index is 0.0226. The van der Waals surface area contributed by atoms with Gasteiger partial charge in [-0.15, -0.1) is 0 Å². The molecule has 1 aromatic carbocycles. The van der Waals surface area contributed by atoms with Crippen molar-refractivity contribution >= 4 is 33.6 Å². The van der Waals surface area contributed by atoms with Gasteiger partial charge in [-0.25, -0.2) is 0 Å². The number of hydrogen-bond acceptors (Lipinski definition) is 5. The van der Waals surface area contributed by atoms with Crippen LogP contribution in [0.5, 0.6) is 11.6 Å². The van der Waals surface area contributed by atoms with Gasteiger partial charge >= 0.3 is 0 Å². The van der Waals surface area contributed by atoms with Crippen molar-refractivity contribution in [2.75, 3.05) is 0 Å². The first-order chi connectivity index (χ1) is 12.9. The Morgan fingerprint density at radius 2 is 2.04 bits per heavy atom. The highest BCUT2D eigenvalue weighted by atomic mass is 79.9. The number of hydrogen-bond donors (Lipinski definition) is 1. The molecule has 0 atom stereocenters. The fraction of sp³-hybridized carbons (Fsp3) is 0.0526. The van der Waals surface area contributed by atoms with Gasteiger partial charge in [-0.3, -0.25) is 14.0 Å². The minimum atomic E-state index is -0.944. The van der Waals surface area contributed by atoms with Crippen LogP contribution in [-0.4, -0.2) is 15.3 Å². The molecule has 1 amide bonds. The van der Waals surface area contributed by atoms with Crippen molar-refractivity contribution in [3.63, 3.8) is 0 Å². The molecule has 0 aliphatic rings. The molecule has 27 heavy (non-hydrogen) atoms. The number of nitrogens with two attached hydrogens (primary N) is 1. The Hall–Kier alpha value is -3.44. The fourth-order valence-corrected chi connectivity index (χ4v) is 2.67. The first-order valence-corrected chi connectivity index (χ1v) is 8.57. The topological polar surface area (TPSA) is 110 Å². The second-order valence-corrected chi connectivity index (χ2v) is 6.53. The van der Waals surface area contributed by atoms with Crippen molar-refractivity contribution in [2.24, 2.45) is 5.73 Å². The van der Waals surface area contributed by atoms with Gasteiger partial charge in [0.1, 0.15) is 28.6 Å². The highest BCUT2D eigenvalue weighted by Gasteiger charge is 2.17.